The van der Waals surface area contributed by atoms with Gasteiger partial charge >= 0.3 is 0 Å². The average Bonchev–Trinajstić information content (AvgIpc) is 2.52. The average molecular weight is 347 g/mol. The summed E-state index contributed by atoms with van der Waals surface area (Å²) < 4.78 is 0. The molecule has 0 radical (unpaired) electrons. The van der Waals surface area contributed by atoms with Gasteiger partial charge in [0.15, 0.2) is 0 Å². The van der Waals surface area contributed by atoms with E-state index in [1.54, 1.807) is 6.07 Å². The van der Waals surface area contributed by atoms with Crippen molar-refractivity contribution in [2.75, 3.05) is 6.54 Å². The molecule has 0 heterocycles. The molecule has 2 rings (SSSR count). The Morgan fingerprint density at radius 3 is 2.38 bits per heavy atom. The number of hydrogen-bond acceptors (Lipinski definition) is 4. The van der Waals surface area contributed by atoms with Gasteiger partial charge in [0.25, 0.3) is 6.54 Å². The molecule has 1 amide bonds. The Balaban J connectivity index is 2.28. The first-order valence-electron chi connectivity index (χ1n) is 7.16. The molecule has 24 heavy (non-hydrogen) atoms. The molecule has 1 atom stereocenters. The maximum Gasteiger partial charge on any atom is 0.265 e. The van der Waals surface area contributed by atoms with Crippen LogP contribution in [0.4, 0.5) is 0 Å². The van der Waals surface area contributed by atoms with Crippen molar-refractivity contribution in [2.24, 2.45) is 5.73 Å². The van der Waals surface area contributed by atoms with Crippen LogP contribution in [-0.2, 0) is 11.2 Å². The van der Waals surface area contributed by atoms with Gasteiger partial charge in [-0.1, -0.05) is 48.0 Å². The monoisotopic (exact) mass is 346 g/mol. The van der Waals surface area contributed by atoms with Gasteiger partial charge < -0.3 is 5.73 Å². The van der Waals surface area contributed by atoms with E-state index in [-0.39, 0.29) is 10.6 Å². The lowest BCUT2D eigenvalue weighted by atomic mass is 9.90. The summed E-state index contributed by atoms with van der Waals surface area (Å²) in [6, 6.07) is 13.8. The maximum atomic E-state index is 11.8. The summed E-state index contributed by atoms with van der Waals surface area (Å²) in [6.45, 7) is -0.831. The fourth-order valence-electron chi connectivity index (χ4n) is 2.41. The molecule has 0 aliphatic rings. The number of benzene rings is 2. The van der Waals surface area contributed by atoms with Gasteiger partial charge in [0.05, 0.1) is 10.9 Å². The summed E-state index contributed by atoms with van der Waals surface area (Å²) in [5.74, 6) is -1.81. The molecular weight excluding hydrogens is 332 g/mol. The van der Waals surface area contributed by atoms with E-state index >= 15 is 0 Å². The lowest BCUT2D eigenvalue weighted by molar-refractivity contribution is -0.465. The summed E-state index contributed by atoms with van der Waals surface area (Å²) in [5, 5.41) is 10.5. The third kappa shape index (κ3) is 4.39. The normalized spacial score (nSPS) is 11.7. The Kier molecular flexibility index (Phi) is 5.65. The number of primary amides is 1. The molecule has 7 heteroatoms. The predicted octanol–water partition coefficient (Wildman–Crippen LogP) is 2.61. The second kappa shape index (κ2) is 7.70. The van der Waals surface area contributed by atoms with E-state index in [1.807, 2.05) is 30.3 Å². The highest BCUT2D eigenvalue weighted by Gasteiger charge is 2.22. The number of halogens is 1. The molecule has 6 nitrogen and oxygen atoms in total. The van der Waals surface area contributed by atoms with Crippen LogP contribution in [0, 0.1) is 10.1 Å². The van der Waals surface area contributed by atoms with Crippen molar-refractivity contribution in [3.05, 3.63) is 80.4 Å². The smallest absolute Gasteiger partial charge is 0.265 e. The molecule has 2 aromatic carbocycles. The van der Waals surface area contributed by atoms with Crippen LogP contribution in [-0.4, -0.2) is 23.2 Å². The number of nitrogens with two attached hydrogens (primary N) is 1. The van der Waals surface area contributed by atoms with Gasteiger partial charge in [-0.2, -0.15) is 0 Å². The minimum atomic E-state index is -0.831. The van der Waals surface area contributed by atoms with Crippen LogP contribution in [0.1, 0.15) is 27.4 Å². The third-order valence-corrected chi connectivity index (χ3v) is 3.91. The van der Waals surface area contributed by atoms with Gasteiger partial charge in [0.2, 0.25) is 11.7 Å². The Bertz CT molecular complexity index is 777. The fraction of sp³-hybridized carbons (Fsp3) is 0.176. The number of nitro groups is 1. The molecule has 0 fully saturated rings. The second-order valence-electron chi connectivity index (χ2n) is 5.30. The zero-order chi connectivity index (χ0) is 17.7. The minimum Gasteiger partial charge on any atom is -0.369 e. The van der Waals surface area contributed by atoms with Gasteiger partial charge in [-0.05, 0) is 29.7 Å². The molecule has 124 valence electrons. The summed E-state index contributed by atoms with van der Waals surface area (Å²) in [4.78, 5) is 33.3. The van der Waals surface area contributed by atoms with E-state index in [1.165, 1.54) is 12.1 Å². The molecular formula is C17H15ClN2O4. The van der Waals surface area contributed by atoms with Gasteiger partial charge in [-0.3, -0.25) is 19.7 Å². The number of hydrogen-bond donors (Lipinski definition) is 1. The van der Waals surface area contributed by atoms with Crippen molar-refractivity contribution in [3.8, 4) is 0 Å². The highest BCUT2D eigenvalue weighted by atomic mass is 35.5. The lowest BCUT2D eigenvalue weighted by Crippen LogP contribution is -2.23. The quantitative estimate of drug-likeness (QED) is 0.472. The van der Waals surface area contributed by atoms with Crippen LogP contribution in [0.5, 0.6) is 0 Å². The summed E-state index contributed by atoms with van der Waals surface area (Å²) >= 11 is 6.06. The first-order chi connectivity index (χ1) is 11.4. The zero-order valence-corrected chi connectivity index (χ0v) is 13.4. The molecule has 2 N–H and O–H groups in total. The highest BCUT2D eigenvalue weighted by molar-refractivity contribution is 6.34. The summed E-state index contributed by atoms with van der Waals surface area (Å²) in [6.07, 6.45) is 0.398. The van der Waals surface area contributed by atoms with Crippen molar-refractivity contribution in [1.82, 2.24) is 0 Å². The van der Waals surface area contributed by atoms with Gasteiger partial charge in [-0.15, -0.1) is 0 Å². The van der Waals surface area contributed by atoms with Crippen molar-refractivity contribution in [1.29, 1.82) is 0 Å². The molecule has 0 saturated carbocycles. The number of Topliss-reactive ketones (excluding diaryl/α,β-unsaturated/α-hetero) is 1. The predicted molar refractivity (Wildman–Crippen MR) is 89.7 cm³/mol. The van der Waals surface area contributed by atoms with Crippen LogP contribution >= 0.6 is 11.6 Å². The number of ketones is 1. The van der Waals surface area contributed by atoms with Gasteiger partial charge in [0.1, 0.15) is 0 Å². The first-order valence-corrected chi connectivity index (χ1v) is 7.54. The molecule has 0 aliphatic carbocycles. The molecule has 0 spiro atoms. The van der Waals surface area contributed by atoms with Gasteiger partial charge in [0, 0.05) is 10.5 Å². The van der Waals surface area contributed by atoms with E-state index in [0.717, 1.165) is 5.56 Å². The lowest BCUT2D eigenvalue weighted by Gasteiger charge is -2.15. The standard InChI is InChI=1S/C17H15ClN2O4/c18-15-9-12(6-7-13(15)16(21)10-20(23)24)14(17(19)22)8-11-4-2-1-3-5-11/h1-7,9,14H,8,10H2,(H2,19,22). The third-order valence-electron chi connectivity index (χ3n) is 3.59. The number of rotatable bonds is 7. The largest absolute Gasteiger partial charge is 0.369 e. The van der Waals surface area contributed by atoms with Crippen LogP contribution in [0.2, 0.25) is 5.02 Å². The van der Waals surface area contributed by atoms with E-state index in [9.17, 15) is 19.7 Å². The SMILES string of the molecule is NC(=O)C(Cc1ccccc1)c1ccc(C(=O)C[N+](=O)[O-])c(Cl)c1. The Morgan fingerprint density at radius 2 is 1.83 bits per heavy atom. The fourth-order valence-corrected chi connectivity index (χ4v) is 2.70. The van der Waals surface area contributed by atoms with Crippen molar-refractivity contribution in [2.45, 2.75) is 12.3 Å². The maximum absolute atomic E-state index is 11.8. The van der Waals surface area contributed by atoms with Crippen LogP contribution in [0.25, 0.3) is 0 Å². The van der Waals surface area contributed by atoms with Crippen molar-refractivity contribution >= 4 is 23.3 Å². The number of nitrogens with zero attached hydrogens (tertiary/aromatic N) is 1. The van der Waals surface area contributed by atoms with E-state index in [2.05, 4.69) is 0 Å². The number of carbonyl (C=O) groups is 2. The molecule has 0 saturated heterocycles. The van der Waals surface area contributed by atoms with Crippen molar-refractivity contribution in [3.63, 3.8) is 0 Å². The van der Waals surface area contributed by atoms with Crippen LogP contribution in [0.3, 0.4) is 0 Å². The zero-order valence-electron chi connectivity index (χ0n) is 12.6. The number of amides is 1. The minimum absolute atomic E-state index is 0.0556. The Hall–Kier alpha value is -2.73. The molecule has 0 aliphatic heterocycles. The summed E-state index contributed by atoms with van der Waals surface area (Å²) in [5.41, 5.74) is 7.05. The van der Waals surface area contributed by atoms with Crippen LogP contribution in [0.15, 0.2) is 48.5 Å². The molecule has 0 bridgehead atoms. The van der Waals surface area contributed by atoms with Crippen molar-refractivity contribution < 1.29 is 14.5 Å². The van der Waals surface area contributed by atoms with E-state index in [0.29, 0.717) is 12.0 Å². The topological polar surface area (TPSA) is 103 Å². The molecule has 0 aromatic heterocycles. The van der Waals surface area contributed by atoms with E-state index < -0.39 is 29.1 Å². The highest BCUT2D eigenvalue weighted by Crippen LogP contribution is 2.26. The van der Waals surface area contributed by atoms with Crippen LogP contribution < -0.4 is 5.73 Å². The number of carbonyl (C=O) groups excluding carboxylic acids is 2. The molecule has 2 aromatic rings. The van der Waals surface area contributed by atoms with E-state index in [4.69, 9.17) is 17.3 Å². The Morgan fingerprint density at radius 1 is 1.17 bits per heavy atom. The summed E-state index contributed by atoms with van der Waals surface area (Å²) in [7, 11) is 0. The molecule has 1 unspecified atom stereocenters. The van der Waals surface area contributed by atoms with Gasteiger partial charge in [-0.25, -0.2) is 0 Å². The Labute approximate surface area is 143 Å². The first kappa shape index (κ1) is 17.6. The second-order valence-corrected chi connectivity index (χ2v) is 5.71.